The van der Waals surface area contributed by atoms with Gasteiger partial charge in [0.1, 0.15) is 11.4 Å². The van der Waals surface area contributed by atoms with Crippen LogP contribution in [0.3, 0.4) is 0 Å². The van der Waals surface area contributed by atoms with Crippen LogP contribution in [0.2, 0.25) is 0 Å². The number of aliphatic carboxylic acids is 1. The largest absolute Gasteiger partial charge is 0.481 e. The predicted octanol–water partition coefficient (Wildman–Crippen LogP) is 5.18. The second-order valence-electron chi connectivity index (χ2n) is 10.1. The Kier molecular flexibility index (Phi) is 10.8. The summed E-state index contributed by atoms with van der Waals surface area (Å²) >= 11 is 0. The van der Waals surface area contributed by atoms with Gasteiger partial charge in [-0.25, -0.2) is 4.79 Å². The number of fused-ring (bicyclic) bond motifs is 1. The maximum Gasteiger partial charge on any atom is 0.407 e. The topological polar surface area (TPSA) is 113 Å². The number of rotatable bonds is 8. The Morgan fingerprint density at radius 1 is 0.865 bits per heavy atom. The highest BCUT2D eigenvalue weighted by atomic mass is 16.6. The van der Waals surface area contributed by atoms with Crippen LogP contribution in [0.5, 0.6) is 0 Å². The number of nitrogens with one attached hydrogen (secondary N) is 1. The van der Waals surface area contributed by atoms with Gasteiger partial charge in [-0.1, -0.05) is 72.8 Å². The molecule has 1 amide bonds. The first-order valence-electron chi connectivity index (χ1n) is 12.3. The molecule has 0 aromatic heterocycles. The third-order valence-electron chi connectivity index (χ3n) is 5.46. The Labute approximate surface area is 218 Å². The number of hydrogen-bond acceptors (Lipinski definition) is 5. The van der Waals surface area contributed by atoms with E-state index in [1.807, 2.05) is 72.8 Å². The molecule has 37 heavy (non-hydrogen) atoms. The first-order chi connectivity index (χ1) is 17.4. The molecule has 198 valence electrons. The van der Waals surface area contributed by atoms with Crippen LogP contribution in [-0.2, 0) is 27.2 Å². The van der Waals surface area contributed by atoms with E-state index >= 15 is 0 Å². The zero-order valence-corrected chi connectivity index (χ0v) is 22.1. The zero-order chi connectivity index (χ0) is 27.6. The Morgan fingerprint density at radius 2 is 1.43 bits per heavy atom. The summed E-state index contributed by atoms with van der Waals surface area (Å²) in [7, 11) is 0. The number of carboxylic acid groups (broad SMARTS) is 1. The molecule has 3 aromatic carbocycles. The second-order valence-corrected chi connectivity index (χ2v) is 10.1. The molecule has 0 radical (unpaired) electrons. The lowest BCUT2D eigenvalue weighted by Crippen LogP contribution is -2.51. The molecular formula is C30H37NO6. The van der Waals surface area contributed by atoms with E-state index in [0.29, 0.717) is 0 Å². The monoisotopic (exact) mass is 507 g/mol. The van der Waals surface area contributed by atoms with Crippen molar-refractivity contribution in [2.75, 3.05) is 0 Å². The quantitative estimate of drug-likeness (QED) is 0.387. The lowest BCUT2D eigenvalue weighted by molar-refractivity contribution is -0.146. The Balaban J connectivity index is 0.00000112. The summed E-state index contributed by atoms with van der Waals surface area (Å²) < 4.78 is 5.36. The first-order valence-corrected chi connectivity index (χ1v) is 12.3. The van der Waals surface area contributed by atoms with Gasteiger partial charge in [0.25, 0.3) is 0 Å². The van der Waals surface area contributed by atoms with Gasteiger partial charge in [0.2, 0.25) is 0 Å². The van der Waals surface area contributed by atoms with Crippen molar-refractivity contribution in [3.8, 4) is 0 Å². The molecule has 0 heterocycles. The molecule has 3 aromatic rings. The molecule has 3 rings (SSSR count). The summed E-state index contributed by atoms with van der Waals surface area (Å²) in [6, 6.07) is 21.9. The Morgan fingerprint density at radius 3 is 2.03 bits per heavy atom. The Bertz CT molecular complexity index is 1180. The minimum absolute atomic E-state index is 0.124. The number of carbonyl (C=O) groups excluding carboxylic acids is 2. The number of carboxylic acids is 1. The van der Waals surface area contributed by atoms with Crippen LogP contribution in [0, 0.1) is 5.92 Å². The van der Waals surface area contributed by atoms with E-state index in [9.17, 15) is 24.6 Å². The summed E-state index contributed by atoms with van der Waals surface area (Å²) in [5.41, 5.74) is 0.976. The Hall–Kier alpha value is -3.71. The fourth-order valence-corrected chi connectivity index (χ4v) is 3.93. The fraction of sp³-hybridized carbons (Fsp3) is 0.367. The second kappa shape index (κ2) is 13.6. The van der Waals surface area contributed by atoms with Crippen LogP contribution >= 0.6 is 0 Å². The average Bonchev–Trinajstić information content (AvgIpc) is 2.80. The van der Waals surface area contributed by atoms with Gasteiger partial charge in [0.15, 0.2) is 0 Å². The van der Waals surface area contributed by atoms with Crippen LogP contribution < -0.4 is 5.32 Å². The highest BCUT2D eigenvalue weighted by Crippen LogP contribution is 2.25. The molecule has 7 heteroatoms. The summed E-state index contributed by atoms with van der Waals surface area (Å²) in [5.74, 6) is -2.08. The van der Waals surface area contributed by atoms with Gasteiger partial charge >= 0.3 is 12.1 Å². The molecule has 7 nitrogen and oxygen atoms in total. The molecule has 3 atom stereocenters. The smallest absolute Gasteiger partial charge is 0.407 e. The van der Waals surface area contributed by atoms with Gasteiger partial charge in [-0.05, 0) is 69.4 Å². The molecule has 0 aliphatic rings. The number of carbonyl (C=O) groups is 3. The van der Waals surface area contributed by atoms with E-state index in [0.717, 1.165) is 21.9 Å². The van der Waals surface area contributed by atoms with Crippen molar-refractivity contribution in [1.82, 2.24) is 5.32 Å². The standard InChI is InChI=1S/C27H31NO5.C3H6O/c1-27(2,3)33-26(32)28-23(16-18-10-5-4-6-11-18)24(29)22(25(30)31)17-20-14-9-13-19-12-7-8-15-21(19)20;1-3(2)4/h4-15,22-24,29H,16-17H2,1-3H3,(H,28,32)(H,30,31);1-2H3/t22-,23-,24+;/m1./s1. The maximum absolute atomic E-state index is 12.5. The highest BCUT2D eigenvalue weighted by Gasteiger charge is 2.35. The molecule has 0 saturated heterocycles. The number of amides is 1. The van der Waals surface area contributed by atoms with Crippen molar-refractivity contribution in [3.63, 3.8) is 0 Å². The van der Waals surface area contributed by atoms with Crippen LogP contribution in [0.1, 0.15) is 45.7 Å². The van der Waals surface area contributed by atoms with Gasteiger partial charge in [0.05, 0.1) is 18.1 Å². The average molecular weight is 508 g/mol. The lowest BCUT2D eigenvalue weighted by Gasteiger charge is -2.30. The van der Waals surface area contributed by atoms with Crippen molar-refractivity contribution in [2.45, 2.75) is 65.2 Å². The fourth-order valence-electron chi connectivity index (χ4n) is 3.93. The number of Topliss-reactive ketones (excluding diaryl/α,β-unsaturated/α-hetero) is 1. The van der Waals surface area contributed by atoms with E-state index in [1.54, 1.807) is 20.8 Å². The predicted molar refractivity (Wildman–Crippen MR) is 144 cm³/mol. The van der Waals surface area contributed by atoms with Crippen molar-refractivity contribution in [3.05, 3.63) is 83.9 Å². The van der Waals surface area contributed by atoms with Crippen LogP contribution in [0.15, 0.2) is 72.8 Å². The normalized spacial score (nSPS) is 13.5. The number of ketones is 1. The molecule has 0 aliphatic heterocycles. The van der Waals surface area contributed by atoms with Crippen molar-refractivity contribution in [2.24, 2.45) is 5.92 Å². The third-order valence-corrected chi connectivity index (χ3v) is 5.46. The van der Waals surface area contributed by atoms with E-state index in [4.69, 9.17) is 4.74 Å². The minimum Gasteiger partial charge on any atom is -0.481 e. The van der Waals surface area contributed by atoms with Crippen LogP contribution in [0.4, 0.5) is 4.79 Å². The van der Waals surface area contributed by atoms with E-state index < -0.39 is 35.7 Å². The maximum atomic E-state index is 12.5. The number of ether oxygens (including phenoxy) is 1. The minimum atomic E-state index is -1.34. The molecule has 0 aliphatic carbocycles. The van der Waals surface area contributed by atoms with Crippen LogP contribution in [-0.4, -0.2) is 45.8 Å². The zero-order valence-electron chi connectivity index (χ0n) is 22.1. The molecular weight excluding hydrogens is 470 g/mol. The molecule has 3 N–H and O–H groups in total. The van der Waals surface area contributed by atoms with E-state index in [1.165, 1.54) is 13.8 Å². The SMILES string of the molecule is CC(C)(C)OC(=O)N[C@H](Cc1ccccc1)[C@@H](O)[C@@H](Cc1cccc2ccccc12)C(=O)O.CC(C)=O. The molecule has 0 saturated carbocycles. The number of alkyl carbamates (subject to hydrolysis) is 1. The number of aliphatic hydroxyl groups excluding tert-OH is 1. The van der Waals surface area contributed by atoms with Crippen molar-refractivity contribution in [1.29, 1.82) is 0 Å². The van der Waals surface area contributed by atoms with Gasteiger partial charge < -0.3 is 25.1 Å². The van der Waals surface area contributed by atoms with Crippen LogP contribution in [0.25, 0.3) is 10.8 Å². The van der Waals surface area contributed by atoms with Gasteiger partial charge in [-0.2, -0.15) is 0 Å². The van der Waals surface area contributed by atoms with Crippen molar-refractivity contribution < 1.29 is 29.3 Å². The van der Waals surface area contributed by atoms with E-state index in [2.05, 4.69) is 5.32 Å². The molecule has 0 bridgehead atoms. The molecule has 0 unspecified atom stereocenters. The summed E-state index contributed by atoms with van der Waals surface area (Å²) in [5, 5.41) is 25.9. The first kappa shape index (κ1) is 29.5. The summed E-state index contributed by atoms with van der Waals surface area (Å²) in [6.07, 6.45) is -1.65. The number of aliphatic hydroxyl groups is 1. The van der Waals surface area contributed by atoms with Gasteiger partial charge in [-0.15, -0.1) is 0 Å². The summed E-state index contributed by atoms with van der Waals surface area (Å²) in [4.78, 5) is 34.2. The van der Waals surface area contributed by atoms with E-state index in [-0.39, 0.29) is 18.6 Å². The molecule has 0 fully saturated rings. The number of benzene rings is 3. The third kappa shape index (κ3) is 10.1. The van der Waals surface area contributed by atoms with Gasteiger partial charge in [-0.3, -0.25) is 4.79 Å². The van der Waals surface area contributed by atoms with Crippen molar-refractivity contribution >= 4 is 28.6 Å². The van der Waals surface area contributed by atoms with Gasteiger partial charge in [0, 0.05) is 0 Å². The number of hydrogen-bond donors (Lipinski definition) is 3. The molecule has 0 spiro atoms. The summed E-state index contributed by atoms with van der Waals surface area (Å²) in [6.45, 7) is 8.29. The lowest BCUT2D eigenvalue weighted by atomic mass is 9.86. The highest BCUT2D eigenvalue weighted by molar-refractivity contribution is 5.86.